The van der Waals surface area contributed by atoms with Crippen LogP contribution >= 0.6 is 0 Å². The van der Waals surface area contributed by atoms with Gasteiger partial charge in [-0.2, -0.15) is 0 Å². The molecule has 0 radical (unpaired) electrons. The van der Waals surface area contributed by atoms with Crippen LogP contribution in [0.15, 0.2) is 36.9 Å². The van der Waals surface area contributed by atoms with E-state index in [9.17, 15) is 4.39 Å². The van der Waals surface area contributed by atoms with Gasteiger partial charge >= 0.3 is 0 Å². The molecule has 1 aromatic carbocycles. The van der Waals surface area contributed by atoms with Gasteiger partial charge in [-0.1, -0.05) is 18.2 Å². The maximum atomic E-state index is 12.8. The minimum atomic E-state index is -0.188. The molecule has 3 heteroatoms. The Balaban J connectivity index is 2.14. The van der Waals surface area contributed by atoms with Gasteiger partial charge in [0.05, 0.1) is 6.04 Å². The lowest BCUT2D eigenvalue weighted by Crippen LogP contribution is -2.44. The van der Waals surface area contributed by atoms with Crippen LogP contribution in [0.4, 0.5) is 4.39 Å². The zero-order valence-electron chi connectivity index (χ0n) is 9.32. The Labute approximate surface area is 95.8 Å². The first-order chi connectivity index (χ1) is 7.81. The van der Waals surface area contributed by atoms with Gasteiger partial charge in [0.1, 0.15) is 5.82 Å². The molecule has 1 aromatic rings. The maximum Gasteiger partial charge on any atom is 0.123 e. The van der Waals surface area contributed by atoms with Crippen LogP contribution in [-0.2, 0) is 0 Å². The Morgan fingerprint density at radius 2 is 1.88 bits per heavy atom. The van der Waals surface area contributed by atoms with Gasteiger partial charge in [-0.25, -0.2) is 4.39 Å². The Morgan fingerprint density at radius 3 is 2.44 bits per heavy atom. The first kappa shape index (κ1) is 11.3. The molecule has 0 bridgehead atoms. The van der Waals surface area contributed by atoms with Crippen molar-refractivity contribution in [2.75, 3.05) is 26.2 Å². The summed E-state index contributed by atoms with van der Waals surface area (Å²) in [4.78, 5) is 2.36. The predicted molar refractivity (Wildman–Crippen MR) is 63.8 cm³/mol. The Morgan fingerprint density at radius 1 is 1.25 bits per heavy atom. The standard InChI is InChI=1S/C13H17FN2/c1-2-13(16-9-7-15-8-10-16)11-3-5-12(14)6-4-11/h2-6,13,15H,1,7-10H2/t13-/m1/s1. The molecule has 0 saturated carbocycles. The van der Waals surface area contributed by atoms with E-state index in [-0.39, 0.29) is 11.9 Å². The van der Waals surface area contributed by atoms with Gasteiger partial charge in [0.25, 0.3) is 0 Å². The number of nitrogens with one attached hydrogen (secondary N) is 1. The molecule has 2 nitrogen and oxygen atoms in total. The lowest BCUT2D eigenvalue weighted by molar-refractivity contribution is 0.203. The molecule has 86 valence electrons. The smallest absolute Gasteiger partial charge is 0.123 e. The van der Waals surface area contributed by atoms with Gasteiger partial charge in [0, 0.05) is 26.2 Å². The molecule has 2 rings (SSSR count). The molecule has 0 unspecified atom stereocenters. The summed E-state index contributed by atoms with van der Waals surface area (Å²) in [6, 6.07) is 6.89. The molecule has 1 heterocycles. The quantitative estimate of drug-likeness (QED) is 0.783. The normalized spacial score (nSPS) is 19.3. The highest BCUT2D eigenvalue weighted by Gasteiger charge is 2.18. The lowest BCUT2D eigenvalue weighted by Gasteiger charge is -2.33. The van der Waals surface area contributed by atoms with Gasteiger partial charge in [0.2, 0.25) is 0 Å². The fraction of sp³-hybridized carbons (Fsp3) is 0.385. The number of piperazine rings is 1. The van der Waals surface area contributed by atoms with Crippen molar-refractivity contribution in [3.8, 4) is 0 Å². The molecule has 0 aliphatic carbocycles. The summed E-state index contributed by atoms with van der Waals surface area (Å²) in [5, 5.41) is 3.32. The summed E-state index contributed by atoms with van der Waals surface area (Å²) in [6.07, 6.45) is 1.93. The minimum Gasteiger partial charge on any atom is -0.314 e. The van der Waals surface area contributed by atoms with Crippen LogP contribution in [-0.4, -0.2) is 31.1 Å². The second-order valence-corrected chi connectivity index (χ2v) is 4.02. The van der Waals surface area contributed by atoms with Crippen LogP contribution in [0.2, 0.25) is 0 Å². The maximum absolute atomic E-state index is 12.8. The van der Waals surface area contributed by atoms with Crippen molar-refractivity contribution in [2.45, 2.75) is 6.04 Å². The molecule has 16 heavy (non-hydrogen) atoms. The van der Waals surface area contributed by atoms with Gasteiger partial charge in [0.15, 0.2) is 0 Å². The highest BCUT2D eigenvalue weighted by atomic mass is 19.1. The summed E-state index contributed by atoms with van der Waals surface area (Å²) in [6.45, 7) is 7.91. The topological polar surface area (TPSA) is 15.3 Å². The zero-order valence-corrected chi connectivity index (χ0v) is 9.32. The minimum absolute atomic E-state index is 0.188. The monoisotopic (exact) mass is 220 g/mol. The van der Waals surface area contributed by atoms with Gasteiger partial charge < -0.3 is 5.32 Å². The SMILES string of the molecule is C=C[C@H](c1ccc(F)cc1)N1CCNCC1. The fourth-order valence-corrected chi connectivity index (χ4v) is 2.12. The van der Waals surface area contributed by atoms with E-state index in [1.165, 1.54) is 12.1 Å². The number of benzene rings is 1. The Bertz CT molecular complexity index is 341. The second kappa shape index (κ2) is 5.23. The van der Waals surface area contributed by atoms with Crippen LogP contribution < -0.4 is 5.32 Å². The van der Waals surface area contributed by atoms with Crippen LogP contribution in [0.3, 0.4) is 0 Å². The average molecular weight is 220 g/mol. The average Bonchev–Trinajstić information content (AvgIpc) is 2.34. The van der Waals surface area contributed by atoms with Crippen molar-refractivity contribution in [2.24, 2.45) is 0 Å². The van der Waals surface area contributed by atoms with Crippen molar-refractivity contribution in [3.63, 3.8) is 0 Å². The van der Waals surface area contributed by atoms with Crippen LogP contribution in [0.25, 0.3) is 0 Å². The summed E-state index contributed by atoms with van der Waals surface area (Å²) in [7, 11) is 0. The molecule has 1 atom stereocenters. The van der Waals surface area contributed by atoms with E-state index in [1.807, 2.05) is 18.2 Å². The van der Waals surface area contributed by atoms with Crippen molar-refractivity contribution in [1.82, 2.24) is 10.2 Å². The zero-order chi connectivity index (χ0) is 11.4. The van der Waals surface area contributed by atoms with E-state index >= 15 is 0 Å². The first-order valence-electron chi connectivity index (χ1n) is 5.64. The summed E-state index contributed by atoms with van der Waals surface area (Å²) in [5.74, 6) is -0.188. The number of rotatable bonds is 3. The molecule has 1 N–H and O–H groups in total. The molecular formula is C13H17FN2. The molecule has 1 aliphatic rings. The second-order valence-electron chi connectivity index (χ2n) is 4.02. The third-order valence-corrected chi connectivity index (χ3v) is 2.98. The summed E-state index contributed by atoms with van der Waals surface area (Å²) in [5.41, 5.74) is 1.11. The van der Waals surface area contributed by atoms with Gasteiger partial charge in [-0.3, -0.25) is 4.90 Å². The van der Waals surface area contributed by atoms with Crippen LogP contribution in [0, 0.1) is 5.82 Å². The molecule has 1 saturated heterocycles. The van der Waals surface area contributed by atoms with Crippen molar-refractivity contribution < 1.29 is 4.39 Å². The Kier molecular flexibility index (Phi) is 3.70. The number of hydrogen-bond acceptors (Lipinski definition) is 2. The summed E-state index contributed by atoms with van der Waals surface area (Å²) < 4.78 is 12.8. The van der Waals surface area contributed by atoms with E-state index in [1.54, 1.807) is 0 Å². The van der Waals surface area contributed by atoms with E-state index in [0.29, 0.717) is 0 Å². The highest BCUT2D eigenvalue weighted by molar-refractivity contribution is 5.23. The van der Waals surface area contributed by atoms with E-state index in [2.05, 4.69) is 16.8 Å². The molecular weight excluding hydrogens is 203 g/mol. The van der Waals surface area contributed by atoms with Gasteiger partial charge in [-0.15, -0.1) is 6.58 Å². The number of halogens is 1. The van der Waals surface area contributed by atoms with E-state index in [0.717, 1.165) is 31.7 Å². The molecule has 0 amide bonds. The molecule has 0 aromatic heterocycles. The third kappa shape index (κ3) is 2.49. The molecule has 0 spiro atoms. The van der Waals surface area contributed by atoms with Gasteiger partial charge in [-0.05, 0) is 17.7 Å². The predicted octanol–water partition coefficient (Wildman–Crippen LogP) is 1.96. The van der Waals surface area contributed by atoms with Crippen LogP contribution in [0.1, 0.15) is 11.6 Å². The summed E-state index contributed by atoms with van der Waals surface area (Å²) >= 11 is 0. The first-order valence-corrected chi connectivity index (χ1v) is 5.64. The van der Waals surface area contributed by atoms with E-state index in [4.69, 9.17) is 0 Å². The van der Waals surface area contributed by atoms with Crippen molar-refractivity contribution in [3.05, 3.63) is 48.3 Å². The molecule has 1 aliphatic heterocycles. The molecule has 1 fully saturated rings. The highest BCUT2D eigenvalue weighted by Crippen LogP contribution is 2.22. The largest absolute Gasteiger partial charge is 0.314 e. The third-order valence-electron chi connectivity index (χ3n) is 2.98. The fourth-order valence-electron chi connectivity index (χ4n) is 2.12. The van der Waals surface area contributed by atoms with Crippen molar-refractivity contribution in [1.29, 1.82) is 0 Å². The van der Waals surface area contributed by atoms with Crippen LogP contribution in [0.5, 0.6) is 0 Å². The van der Waals surface area contributed by atoms with E-state index < -0.39 is 0 Å². The lowest BCUT2D eigenvalue weighted by atomic mass is 10.0. The number of hydrogen-bond donors (Lipinski definition) is 1. The number of nitrogens with zero attached hydrogens (tertiary/aromatic N) is 1. The Hall–Kier alpha value is -1.19. The van der Waals surface area contributed by atoms with Crippen molar-refractivity contribution >= 4 is 0 Å².